The van der Waals surface area contributed by atoms with Crippen LogP contribution < -0.4 is 5.32 Å². The molecule has 0 aliphatic carbocycles. The summed E-state index contributed by atoms with van der Waals surface area (Å²) in [5.41, 5.74) is 2.01. The largest absolute Gasteiger partial charge is 0.333 e. The number of nitrogens with zero attached hydrogens (tertiary/aromatic N) is 2. The molecule has 3 amide bonds. The number of nitrogens with one attached hydrogen (secondary N) is 1. The number of rotatable bonds is 3. The normalized spacial score (nSPS) is 19.4. The van der Waals surface area contributed by atoms with E-state index in [1.54, 1.807) is 23.1 Å². The monoisotopic (exact) mass is 363 g/mol. The average molecular weight is 363 g/mol. The van der Waals surface area contributed by atoms with Gasteiger partial charge in [-0.3, -0.25) is 19.3 Å². The molecule has 4 rings (SSSR count). The fourth-order valence-corrected chi connectivity index (χ4v) is 3.64. The van der Waals surface area contributed by atoms with Crippen molar-refractivity contribution in [3.8, 4) is 0 Å². The first-order valence-electron chi connectivity index (χ1n) is 9.12. The van der Waals surface area contributed by atoms with Crippen LogP contribution in [-0.4, -0.2) is 53.2 Å². The minimum Gasteiger partial charge on any atom is -0.333 e. The summed E-state index contributed by atoms with van der Waals surface area (Å²) < 4.78 is 0. The summed E-state index contributed by atoms with van der Waals surface area (Å²) >= 11 is 0. The number of imide groups is 1. The standard InChI is InChI=1S/C21H21N3O3/c1-14-12-22-9-10-23(14)19(25)16-7-8-17-18(11-16)21(27)24(20(17)26)13-15-5-3-2-4-6-15/h2-8,11,14,22H,9-10,12-13H2,1H3. The Morgan fingerprint density at radius 2 is 1.81 bits per heavy atom. The van der Waals surface area contributed by atoms with Crippen LogP contribution >= 0.6 is 0 Å². The summed E-state index contributed by atoms with van der Waals surface area (Å²) in [7, 11) is 0. The van der Waals surface area contributed by atoms with Crippen LogP contribution in [0.25, 0.3) is 0 Å². The molecular formula is C21H21N3O3. The smallest absolute Gasteiger partial charge is 0.261 e. The second kappa shape index (κ2) is 6.96. The number of benzene rings is 2. The molecule has 0 radical (unpaired) electrons. The first kappa shape index (κ1) is 17.4. The molecule has 138 valence electrons. The molecule has 0 aromatic heterocycles. The van der Waals surface area contributed by atoms with Crippen molar-refractivity contribution in [2.45, 2.75) is 19.5 Å². The maximum Gasteiger partial charge on any atom is 0.261 e. The number of fused-ring (bicyclic) bond motifs is 1. The number of hydrogen-bond donors (Lipinski definition) is 1. The lowest BCUT2D eigenvalue weighted by Crippen LogP contribution is -2.52. The van der Waals surface area contributed by atoms with E-state index in [0.717, 1.165) is 18.7 Å². The minimum atomic E-state index is -0.345. The van der Waals surface area contributed by atoms with Gasteiger partial charge in [0.1, 0.15) is 0 Å². The van der Waals surface area contributed by atoms with Crippen molar-refractivity contribution in [3.05, 3.63) is 70.8 Å². The third kappa shape index (κ3) is 3.13. The van der Waals surface area contributed by atoms with Crippen LogP contribution in [0.1, 0.15) is 43.6 Å². The van der Waals surface area contributed by atoms with Crippen molar-refractivity contribution < 1.29 is 14.4 Å². The van der Waals surface area contributed by atoms with Crippen LogP contribution in [0, 0.1) is 0 Å². The predicted molar refractivity (Wildman–Crippen MR) is 100 cm³/mol. The van der Waals surface area contributed by atoms with E-state index in [0.29, 0.717) is 23.2 Å². The van der Waals surface area contributed by atoms with Gasteiger partial charge in [-0.1, -0.05) is 30.3 Å². The second-order valence-corrected chi connectivity index (χ2v) is 6.99. The zero-order valence-corrected chi connectivity index (χ0v) is 15.1. The maximum absolute atomic E-state index is 12.9. The molecule has 27 heavy (non-hydrogen) atoms. The molecule has 1 N–H and O–H groups in total. The number of amides is 3. The van der Waals surface area contributed by atoms with Gasteiger partial charge in [0.05, 0.1) is 17.7 Å². The topological polar surface area (TPSA) is 69.7 Å². The van der Waals surface area contributed by atoms with Crippen molar-refractivity contribution in [3.63, 3.8) is 0 Å². The third-order valence-electron chi connectivity index (χ3n) is 5.16. The summed E-state index contributed by atoms with van der Waals surface area (Å²) in [6.45, 7) is 4.35. The number of carbonyl (C=O) groups excluding carboxylic acids is 3. The van der Waals surface area contributed by atoms with Crippen molar-refractivity contribution in [2.24, 2.45) is 0 Å². The van der Waals surface area contributed by atoms with Crippen LogP contribution in [0.4, 0.5) is 0 Å². The number of hydrogen-bond acceptors (Lipinski definition) is 4. The lowest BCUT2D eigenvalue weighted by atomic mass is 10.0. The van der Waals surface area contributed by atoms with Gasteiger partial charge in [0.25, 0.3) is 17.7 Å². The van der Waals surface area contributed by atoms with E-state index < -0.39 is 0 Å². The molecule has 2 aliphatic rings. The van der Waals surface area contributed by atoms with Crippen molar-refractivity contribution in [2.75, 3.05) is 19.6 Å². The quantitative estimate of drug-likeness (QED) is 0.846. The van der Waals surface area contributed by atoms with E-state index >= 15 is 0 Å². The minimum absolute atomic E-state index is 0.0893. The van der Waals surface area contributed by atoms with Crippen LogP contribution in [-0.2, 0) is 6.54 Å². The molecule has 1 saturated heterocycles. The molecular weight excluding hydrogens is 342 g/mol. The number of carbonyl (C=O) groups is 3. The van der Waals surface area contributed by atoms with Gasteiger partial charge in [0, 0.05) is 31.2 Å². The Labute approximate surface area is 157 Å². The first-order chi connectivity index (χ1) is 13.1. The zero-order valence-electron chi connectivity index (χ0n) is 15.1. The summed E-state index contributed by atoms with van der Waals surface area (Å²) in [6.07, 6.45) is 0. The molecule has 0 spiro atoms. The molecule has 6 nitrogen and oxygen atoms in total. The van der Waals surface area contributed by atoms with E-state index in [2.05, 4.69) is 5.32 Å². The van der Waals surface area contributed by atoms with Crippen LogP contribution in [0.15, 0.2) is 48.5 Å². The Hall–Kier alpha value is -2.99. The molecule has 0 bridgehead atoms. The highest BCUT2D eigenvalue weighted by Crippen LogP contribution is 2.26. The van der Waals surface area contributed by atoms with E-state index in [1.807, 2.05) is 37.3 Å². The zero-order chi connectivity index (χ0) is 19.0. The SMILES string of the molecule is CC1CNCCN1C(=O)c1ccc2c(c1)C(=O)N(Cc1ccccc1)C2=O. The molecule has 1 atom stereocenters. The van der Waals surface area contributed by atoms with Gasteiger partial charge in [-0.15, -0.1) is 0 Å². The molecule has 1 fully saturated rings. The average Bonchev–Trinajstić information content (AvgIpc) is 2.93. The maximum atomic E-state index is 12.9. The fourth-order valence-electron chi connectivity index (χ4n) is 3.64. The van der Waals surface area contributed by atoms with Crippen LogP contribution in [0.5, 0.6) is 0 Å². The third-order valence-corrected chi connectivity index (χ3v) is 5.16. The Bertz CT molecular complexity index is 910. The first-order valence-corrected chi connectivity index (χ1v) is 9.12. The highest BCUT2D eigenvalue weighted by Gasteiger charge is 2.36. The van der Waals surface area contributed by atoms with Gasteiger partial charge in [-0.05, 0) is 30.7 Å². The molecule has 1 unspecified atom stereocenters. The van der Waals surface area contributed by atoms with Gasteiger partial charge in [-0.2, -0.15) is 0 Å². The molecule has 0 saturated carbocycles. The Balaban J connectivity index is 1.59. The summed E-state index contributed by atoms with van der Waals surface area (Å²) in [4.78, 5) is 41.3. The van der Waals surface area contributed by atoms with E-state index in [4.69, 9.17) is 0 Å². The van der Waals surface area contributed by atoms with E-state index in [9.17, 15) is 14.4 Å². The van der Waals surface area contributed by atoms with E-state index in [-0.39, 0.29) is 30.3 Å². The fraction of sp³-hybridized carbons (Fsp3) is 0.286. The molecule has 6 heteroatoms. The lowest BCUT2D eigenvalue weighted by molar-refractivity contribution is 0.0639. The number of piperazine rings is 1. The Morgan fingerprint density at radius 3 is 2.56 bits per heavy atom. The van der Waals surface area contributed by atoms with Crippen LogP contribution in [0.3, 0.4) is 0 Å². The van der Waals surface area contributed by atoms with Crippen molar-refractivity contribution >= 4 is 17.7 Å². The van der Waals surface area contributed by atoms with Crippen molar-refractivity contribution in [1.82, 2.24) is 15.1 Å². The predicted octanol–water partition coefficient (Wildman–Crippen LogP) is 1.92. The Kier molecular flexibility index (Phi) is 4.49. The summed E-state index contributed by atoms with van der Waals surface area (Å²) in [5.74, 6) is -0.760. The Morgan fingerprint density at radius 1 is 1.07 bits per heavy atom. The molecule has 2 aliphatic heterocycles. The highest BCUT2D eigenvalue weighted by molar-refractivity contribution is 6.22. The molecule has 2 aromatic rings. The van der Waals surface area contributed by atoms with Gasteiger partial charge in [-0.25, -0.2) is 0 Å². The lowest BCUT2D eigenvalue weighted by Gasteiger charge is -2.34. The van der Waals surface area contributed by atoms with Gasteiger partial charge >= 0.3 is 0 Å². The molecule has 2 heterocycles. The summed E-state index contributed by atoms with van der Waals surface area (Å²) in [6, 6.07) is 14.3. The molecule has 2 aromatic carbocycles. The van der Waals surface area contributed by atoms with Gasteiger partial charge in [0.15, 0.2) is 0 Å². The van der Waals surface area contributed by atoms with Crippen molar-refractivity contribution in [1.29, 1.82) is 0 Å². The van der Waals surface area contributed by atoms with Gasteiger partial charge in [0.2, 0.25) is 0 Å². The second-order valence-electron chi connectivity index (χ2n) is 6.99. The van der Waals surface area contributed by atoms with Crippen LogP contribution in [0.2, 0.25) is 0 Å². The van der Waals surface area contributed by atoms with E-state index in [1.165, 1.54) is 4.90 Å². The highest BCUT2D eigenvalue weighted by atomic mass is 16.2. The van der Waals surface area contributed by atoms with Gasteiger partial charge < -0.3 is 10.2 Å². The summed E-state index contributed by atoms with van der Waals surface area (Å²) in [5, 5.41) is 3.25.